The molecule has 0 aromatic heterocycles. The molecule has 0 spiro atoms. The number of likely N-dealkylation sites (tertiary alicyclic amines) is 1. The van der Waals surface area contributed by atoms with Gasteiger partial charge in [0.25, 0.3) is 5.92 Å². The number of hydrogen-bond donors (Lipinski definition) is 1. The molecule has 2 N–H and O–H groups in total. The highest BCUT2D eigenvalue weighted by molar-refractivity contribution is 5.29. The van der Waals surface area contributed by atoms with Crippen molar-refractivity contribution in [2.45, 2.75) is 51.6 Å². The molecule has 1 atom stereocenters. The van der Waals surface area contributed by atoms with E-state index in [1.807, 2.05) is 13.0 Å². The first-order valence-electron chi connectivity index (χ1n) is 7.80. The highest BCUT2D eigenvalue weighted by atomic mass is 19.3. The quantitative estimate of drug-likeness (QED) is 0.912. The lowest BCUT2D eigenvalue weighted by atomic mass is 9.85. The second kappa shape index (κ2) is 6.41. The molecular weight excluding hydrogens is 270 g/mol. The SMILES string of the molecule is CC(N)c1cccc(C(F)(F)C2CCN(C(C)C)CC2)c1. The van der Waals surface area contributed by atoms with Gasteiger partial charge in [-0.1, -0.05) is 18.2 Å². The van der Waals surface area contributed by atoms with Crippen molar-refractivity contribution in [2.24, 2.45) is 11.7 Å². The van der Waals surface area contributed by atoms with Crippen LogP contribution in [-0.4, -0.2) is 24.0 Å². The van der Waals surface area contributed by atoms with Crippen molar-refractivity contribution in [3.8, 4) is 0 Å². The maximum absolute atomic E-state index is 14.8. The summed E-state index contributed by atoms with van der Waals surface area (Å²) in [6.07, 6.45) is 1.10. The number of alkyl halides is 2. The molecule has 1 aromatic rings. The highest BCUT2D eigenvalue weighted by Gasteiger charge is 2.42. The summed E-state index contributed by atoms with van der Waals surface area (Å²) in [5.41, 5.74) is 6.69. The van der Waals surface area contributed by atoms with Gasteiger partial charge in [0.15, 0.2) is 0 Å². The Bertz CT molecular complexity index is 464. The molecular formula is C17H26F2N2. The van der Waals surface area contributed by atoms with Crippen LogP contribution >= 0.6 is 0 Å². The third-order valence-electron chi connectivity index (χ3n) is 4.57. The van der Waals surface area contributed by atoms with Crippen molar-refractivity contribution in [3.05, 3.63) is 35.4 Å². The van der Waals surface area contributed by atoms with Crippen molar-refractivity contribution < 1.29 is 8.78 Å². The Morgan fingerprint density at radius 3 is 2.33 bits per heavy atom. The Hall–Kier alpha value is -1.00. The maximum atomic E-state index is 14.8. The van der Waals surface area contributed by atoms with E-state index in [-0.39, 0.29) is 11.6 Å². The molecule has 0 radical (unpaired) electrons. The van der Waals surface area contributed by atoms with E-state index in [4.69, 9.17) is 5.73 Å². The number of benzene rings is 1. The molecule has 1 heterocycles. The van der Waals surface area contributed by atoms with Crippen LogP contribution in [-0.2, 0) is 5.92 Å². The van der Waals surface area contributed by atoms with E-state index >= 15 is 0 Å². The van der Waals surface area contributed by atoms with E-state index in [0.29, 0.717) is 18.9 Å². The Morgan fingerprint density at radius 2 is 1.81 bits per heavy atom. The monoisotopic (exact) mass is 296 g/mol. The van der Waals surface area contributed by atoms with Gasteiger partial charge in [-0.25, -0.2) is 8.78 Å². The number of rotatable bonds is 4. The first kappa shape index (κ1) is 16.4. The summed E-state index contributed by atoms with van der Waals surface area (Å²) in [4.78, 5) is 2.27. The molecule has 0 amide bonds. The molecule has 1 aliphatic heterocycles. The van der Waals surface area contributed by atoms with Gasteiger partial charge in [-0.15, -0.1) is 0 Å². The third-order valence-corrected chi connectivity index (χ3v) is 4.57. The van der Waals surface area contributed by atoms with Crippen LogP contribution in [0.1, 0.15) is 50.8 Å². The lowest BCUT2D eigenvalue weighted by Gasteiger charge is -2.38. The van der Waals surface area contributed by atoms with Crippen molar-refractivity contribution >= 4 is 0 Å². The van der Waals surface area contributed by atoms with E-state index in [2.05, 4.69) is 18.7 Å². The minimum atomic E-state index is -2.77. The molecule has 0 aliphatic carbocycles. The number of halogens is 2. The first-order valence-corrected chi connectivity index (χ1v) is 7.80. The van der Waals surface area contributed by atoms with Gasteiger partial charge in [0, 0.05) is 23.6 Å². The van der Waals surface area contributed by atoms with Gasteiger partial charge in [-0.2, -0.15) is 0 Å². The molecule has 2 nitrogen and oxygen atoms in total. The Labute approximate surface area is 126 Å². The zero-order chi connectivity index (χ0) is 15.6. The average Bonchev–Trinajstić information content (AvgIpc) is 2.47. The van der Waals surface area contributed by atoms with Crippen LogP contribution in [0.3, 0.4) is 0 Å². The predicted octanol–water partition coefficient (Wildman–Crippen LogP) is 3.92. The molecule has 4 heteroatoms. The molecule has 0 bridgehead atoms. The average molecular weight is 296 g/mol. The van der Waals surface area contributed by atoms with Crippen molar-refractivity contribution in [1.29, 1.82) is 0 Å². The van der Waals surface area contributed by atoms with E-state index in [9.17, 15) is 8.78 Å². The third kappa shape index (κ3) is 3.61. The molecule has 1 fully saturated rings. The van der Waals surface area contributed by atoms with E-state index in [0.717, 1.165) is 18.7 Å². The largest absolute Gasteiger partial charge is 0.324 e. The van der Waals surface area contributed by atoms with Crippen LogP contribution in [0.25, 0.3) is 0 Å². The van der Waals surface area contributed by atoms with Gasteiger partial charge in [0.05, 0.1) is 0 Å². The zero-order valence-corrected chi connectivity index (χ0v) is 13.2. The van der Waals surface area contributed by atoms with Crippen LogP contribution < -0.4 is 5.73 Å². The summed E-state index contributed by atoms with van der Waals surface area (Å²) in [6, 6.07) is 6.81. The van der Waals surface area contributed by atoms with Crippen LogP contribution in [0.2, 0.25) is 0 Å². The number of nitrogens with zero attached hydrogens (tertiary/aromatic N) is 1. The summed E-state index contributed by atoms with van der Waals surface area (Å²) in [5, 5.41) is 0. The fourth-order valence-corrected chi connectivity index (χ4v) is 3.04. The zero-order valence-electron chi connectivity index (χ0n) is 13.2. The summed E-state index contributed by atoms with van der Waals surface area (Å²) in [6.45, 7) is 7.56. The van der Waals surface area contributed by atoms with Gasteiger partial charge in [-0.3, -0.25) is 0 Å². The topological polar surface area (TPSA) is 29.3 Å². The fraction of sp³-hybridized carbons (Fsp3) is 0.647. The number of nitrogens with two attached hydrogens (primary N) is 1. The second-order valence-corrected chi connectivity index (χ2v) is 6.44. The standard InChI is InChI=1S/C17H26F2N2/c1-12(2)21-9-7-15(8-10-21)17(18,19)16-6-4-5-14(11-16)13(3)20/h4-6,11-13,15H,7-10,20H2,1-3H3. The number of piperidine rings is 1. The van der Waals surface area contributed by atoms with Crippen LogP contribution in [0.5, 0.6) is 0 Å². The Morgan fingerprint density at radius 1 is 1.19 bits per heavy atom. The molecule has 1 aliphatic rings. The molecule has 1 saturated heterocycles. The summed E-state index contributed by atoms with van der Waals surface area (Å²) >= 11 is 0. The van der Waals surface area contributed by atoms with Gasteiger partial charge in [0.1, 0.15) is 0 Å². The Kier molecular flexibility index (Phi) is 4.99. The van der Waals surface area contributed by atoms with E-state index in [1.54, 1.807) is 12.1 Å². The summed E-state index contributed by atoms with van der Waals surface area (Å²) in [5.74, 6) is -3.34. The lowest BCUT2D eigenvalue weighted by Crippen LogP contribution is -2.42. The Balaban J connectivity index is 2.13. The minimum Gasteiger partial charge on any atom is -0.324 e. The molecule has 1 aromatic carbocycles. The number of hydrogen-bond acceptors (Lipinski definition) is 2. The second-order valence-electron chi connectivity index (χ2n) is 6.44. The summed E-state index contributed by atoms with van der Waals surface area (Å²) in [7, 11) is 0. The van der Waals surface area contributed by atoms with Crippen LogP contribution in [0, 0.1) is 5.92 Å². The normalized spacial score (nSPS) is 20.0. The van der Waals surface area contributed by atoms with Crippen molar-refractivity contribution in [1.82, 2.24) is 4.90 Å². The van der Waals surface area contributed by atoms with Gasteiger partial charge in [-0.05, 0) is 58.3 Å². The van der Waals surface area contributed by atoms with Crippen molar-refractivity contribution in [3.63, 3.8) is 0 Å². The smallest absolute Gasteiger partial charge is 0.276 e. The minimum absolute atomic E-state index is 0.111. The van der Waals surface area contributed by atoms with Crippen molar-refractivity contribution in [2.75, 3.05) is 13.1 Å². The molecule has 118 valence electrons. The van der Waals surface area contributed by atoms with E-state index < -0.39 is 11.8 Å². The molecule has 1 unspecified atom stereocenters. The molecule has 21 heavy (non-hydrogen) atoms. The van der Waals surface area contributed by atoms with Crippen LogP contribution in [0.15, 0.2) is 24.3 Å². The lowest BCUT2D eigenvalue weighted by molar-refractivity contribution is -0.0876. The van der Waals surface area contributed by atoms with E-state index in [1.165, 1.54) is 6.07 Å². The molecule has 0 saturated carbocycles. The van der Waals surface area contributed by atoms with Gasteiger partial charge in [0.2, 0.25) is 0 Å². The maximum Gasteiger partial charge on any atom is 0.276 e. The highest BCUT2D eigenvalue weighted by Crippen LogP contribution is 2.42. The fourth-order valence-electron chi connectivity index (χ4n) is 3.04. The van der Waals surface area contributed by atoms with Gasteiger partial charge >= 0.3 is 0 Å². The van der Waals surface area contributed by atoms with Gasteiger partial charge < -0.3 is 10.6 Å². The first-order chi connectivity index (χ1) is 9.82. The van der Waals surface area contributed by atoms with Crippen LogP contribution in [0.4, 0.5) is 8.78 Å². The summed E-state index contributed by atoms with van der Waals surface area (Å²) < 4.78 is 29.5. The predicted molar refractivity (Wildman–Crippen MR) is 82.4 cm³/mol. The molecule has 2 rings (SSSR count).